The van der Waals surface area contributed by atoms with Crippen molar-refractivity contribution in [1.82, 2.24) is 5.43 Å². The van der Waals surface area contributed by atoms with Crippen LogP contribution in [0.2, 0.25) is 10.0 Å². The molecule has 0 atom stereocenters. The van der Waals surface area contributed by atoms with E-state index in [4.69, 9.17) is 23.2 Å². The van der Waals surface area contributed by atoms with Gasteiger partial charge in [0, 0.05) is 29.1 Å². The quantitative estimate of drug-likeness (QED) is 0.586. The highest BCUT2D eigenvalue weighted by Gasteiger charge is 2.07. The van der Waals surface area contributed by atoms with Gasteiger partial charge < -0.3 is 5.32 Å². The molecule has 0 aliphatic heterocycles. The smallest absolute Gasteiger partial charge is 0.240 e. The third-order valence-electron chi connectivity index (χ3n) is 3.06. The fraction of sp³-hybridized carbons (Fsp3) is 0.118. The number of carbonyl (C=O) groups excluding carboxylic acids is 2. The monoisotopic (exact) mass is 381 g/mol. The van der Waals surface area contributed by atoms with Crippen molar-refractivity contribution in [2.24, 2.45) is 5.10 Å². The van der Waals surface area contributed by atoms with Crippen LogP contribution in [0.1, 0.15) is 18.4 Å². The molecule has 2 aromatic rings. The van der Waals surface area contributed by atoms with Crippen LogP contribution >= 0.6 is 23.2 Å². The highest BCUT2D eigenvalue weighted by Crippen LogP contribution is 2.19. The molecule has 0 fully saturated rings. The number of benzene rings is 2. The Kier molecular flexibility index (Phi) is 6.91. The van der Waals surface area contributed by atoms with Crippen LogP contribution in [0.15, 0.2) is 47.6 Å². The average molecular weight is 382 g/mol. The molecule has 5 nitrogen and oxygen atoms in total. The van der Waals surface area contributed by atoms with Crippen molar-refractivity contribution in [3.63, 3.8) is 0 Å². The molecule has 8 heteroatoms. The Morgan fingerprint density at radius 2 is 1.72 bits per heavy atom. The maximum Gasteiger partial charge on any atom is 0.240 e. The third kappa shape index (κ3) is 6.52. The van der Waals surface area contributed by atoms with Gasteiger partial charge in [0.05, 0.1) is 11.2 Å². The van der Waals surface area contributed by atoms with Gasteiger partial charge >= 0.3 is 0 Å². The van der Waals surface area contributed by atoms with Crippen molar-refractivity contribution in [1.29, 1.82) is 0 Å². The molecule has 0 aliphatic carbocycles. The second kappa shape index (κ2) is 9.15. The Hall–Kier alpha value is -2.44. The first-order chi connectivity index (χ1) is 11.9. The van der Waals surface area contributed by atoms with Gasteiger partial charge in [0.2, 0.25) is 11.8 Å². The molecule has 0 unspecified atom stereocenters. The highest BCUT2D eigenvalue weighted by atomic mass is 35.5. The van der Waals surface area contributed by atoms with E-state index in [-0.39, 0.29) is 18.7 Å². The van der Waals surface area contributed by atoms with E-state index >= 15 is 0 Å². The zero-order valence-corrected chi connectivity index (χ0v) is 14.4. The molecule has 25 heavy (non-hydrogen) atoms. The number of hydrogen-bond acceptors (Lipinski definition) is 3. The van der Waals surface area contributed by atoms with Crippen LogP contribution in [0.5, 0.6) is 0 Å². The Morgan fingerprint density at radius 3 is 2.40 bits per heavy atom. The SMILES string of the molecule is O=C(CCC(=O)Nc1ccc(F)cc1)N/N=C\c1ccc(Cl)cc1Cl. The topological polar surface area (TPSA) is 70.6 Å². The van der Waals surface area contributed by atoms with E-state index in [0.717, 1.165) is 0 Å². The summed E-state index contributed by atoms with van der Waals surface area (Å²) in [5, 5.41) is 7.25. The van der Waals surface area contributed by atoms with Crippen LogP contribution in [0.25, 0.3) is 0 Å². The first-order valence-corrected chi connectivity index (χ1v) is 8.02. The molecule has 0 aliphatic rings. The van der Waals surface area contributed by atoms with Gasteiger partial charge in [0.1, 0.15) is 5.82 Å². The second-order valence-corrected chi connectivity index (χ2v) is 5.86. The normalized spacial score (nSPS) is 10.7. The number of rotatable bonds is 6. The lowest BCUT2D eigenvalue weighted by atomic mass is 10.2. The van der Waals surface area contributed by atoms with Crippen LogP contribution < -0.4 is 10.7 Å². The molecule has 2 N–H and O–H groups in total. The van der Waals surface area contributed by atoms with E-state index in [2.05, 4.69) is 15.8 Å². The summed E-state index contributed by atoms with van der Waals surface area (Å²) in [7, 11) is 0. The number of nitrogens with one attached hydrogen (secondary N) is 2. The van der Waals surface area contributed by atoms with E-state index in [1.807, 2.05) is 0 Å². The molecule has 0 saturated carbocycles. The lowest BCUT2D eigenvalue weighted by Gasteiger charge is -2.04. The summed E-state index contributed by atoms with van der Waals surface area (Å²) in [4.78, 5) is 23.4. The molecule has 130 valence electrons. The van der Waals surface area contributed by atoms with Crippen LogP contribution in [0.3, 0.4) is 0 Å². The molecule has 2 aromatic carbocycles. The molecule has 0 bridgehead atoms. The third-order valence-corrected chi connectivity index (χ3v) is 3.62. The minimum absolute atomic E-state index is 0.0274. The Labute approximate surface area is 153 Å². The van der Waals surface area contributed by atoms with Gasteiger partial charge in [-0.25, -0.2) is 9.82 Å². The largest absolute Gasteiger partial charge is 0.326 e. The van der Waals surface area contributed by atoms with E-state index in [0.29, 0.717) is 21.3 Å². The van der Waals surface area contributed by atoms with Crippen molar-refractivity contribution in [3.05, 3.63) is 63.9 Å². The van der Waals surface area contributed by atoms with Crippen LogP contribution in [-0.2, 0) is 9.59 Å². The van der Waals surface area contributed by atoms with Crippen molar-refractivity contribution >= 4 is 46.9 Å². The molecular weight excluding hydrogens is 368 g/mol. The Bertz CT molecular complexity index is 795. The first-order valence-electron chi connectivity index (χ1n) is 7.26. The van der Waals surface area contributed by atoms with Crippen molar-refractivity contribution in [2.45, 2.75) is 12.8 Å². The highest BCUT2D eigenvalue weighted by molar-refractivity contribution is 6.36. The molecule has 0 radical (unpaired) electrons. The van der Waals surface area contributed by atoms with Gasteiger partial charge in [-0.1, -0.05) is 29.3 Å². The Balaban J connectivity index is 1.75. The predicted molar refractivity (Wildman–Crippen MR) is 96.5 cm³/mol. The predicted octanol–water partition coefficient (Wildman–Crippen LogP) is 4.00. The molecule has 2 rings (SSSR count). The van der Waals surface area contributed by atoms with E-state index in [1.165, 1.54) is 30.5 Å². The summed E-state index contributed by atoms with van der Waals surface area (Å²) in [6.45, 7) is 0. The fourth-order valence-corrected chi connectivity index (χ4v) is 2.28. The Morgan fingerprint density at radius 1 is 1.04 bits per heavy atom. The fourth-order valence-electron chi connectivity index (χ4n) is 1.82. The number of nitrogens with zero attached hydrogens (tertiary/aromatic N) is 1. The molecule has 0 saturated heterocycles. The summed E-state index contributed by atoms with van der Waals surface area (Å²) < 4.78 is 12.8. The summed E-state index contributed by atoms with van der Waals surface area (Å²) in [5.41, 5.74) is 3.37. The molecular formula is C17H14Cl2FN3O2. The second-order valence-electron chi connectivity index (χ2n) is 5.01. The maximum atomic E-state index is 12.8. The molecule has 0 heterocycles. The summed E-state index contributed by atoms with van der Waals surface area (Å²) in [5.74, 6) is -1.17. The van der Waals surface area contributed by atoms with E-state index < -0.39 is 11.7 Å². The van der Waals surface area contributed by atoms with Gasteiger partial charge in [0.25, 0.3) is 0 Å². The number of carbonyl (C=O) groups is 2. The number of hydrogen-bond donors (Lipinski definition) is 2. The van der Waals surface area contributed by atoms with Crippen molar-refractivity contribution < 1.29 is 14.0 Å². The molecule has 0 aromatic heterocycles. The first kappa shape index (κ1) is 18.9. The van der Waals surface area contributed by atoms with Gasteiger partial charge in [-0.3, -0.25) is 9.59 Å². The average Bonchev–Trinajstić information content (AvgIpc) is 2.57. The number of amides is 2. The van der Waals surface area contributed by atoms with Crippen molar-refractivity contribution in [3.8, 4) is 0 Å². The van der Waals surface area contributed by atoms with Gasteiger partial charge in [0.15, 0.2) is 0 Å². The van der Waals surface area contributed by atoms with Crippen LogP contribution in [0, 0.1) is 5.82 Å². The molecule has 2 amide bonds. The van der Waals surface area contributed by atoms with Gasteiger partial charge in [-0.2, -0.15) is 5.10 Å². The lowest BCUT2D eigenvalue weighted by molar-refractivity contribution is -0.124. The number of halogens is 3. The van der Waals surface area contributed by atoms with Crippen LogP contribution in [0.4, 0.5) is 10.1 Å². The summed E-state index contributed by atoms with van der Waals surface area (Å²) in [6, 6.07) is 10.2. The molecule has 0 spiro atoms. The zero-order chi connectivity index (χ0) is 18.2. The summed E-state index contributed by atoms with van der Waals surface area (Å²) >= 11 is 11.8. The maximum absolute atomic E-state index is 12.8. The van der Waals surface area contributed by atoms with E-state index in [9.17, 15) is 14.0 Å². The summed E-state index contributed by atoms with van der Waals surface area (Å²) in [6.07, 6.45) is 1.31. The zero-order valence-electron chi connectivity index (χ0n) is 12.9. The minimum Gasteiger partial charge on any atom is -0.326 e. The van der Waals surface area contributed by atoms with Crippen LogP contribution in [-0.4, -0.2) is 18.0 Å². The minimum atomic E-state index is -0.421. The van der Waals surface area contributed by atoms with Gasteiger partial charge in [-0.05, 0) is 36.4 Å². The van der Waals surface area contributed by atoms with E-state index in [1.54, 1.807) is 18.2 Å². The standard InChI is InChI=1S/C17H14Cl2FN3O2/c18-12-2-1-11(15(19)9-12)10-21-23-17(25)8-7-16(24)22-14-5-3-13(20)4-6-14/h1-6,9-10H,7-8H2,(H,22,24)(H,23,25)/b21-10-. The van der Waals surface area contributed by atoms with Gasteiger partial charge in [-0.15, -0.1) is 0 Å². The van der Waals surface area contributed by atoms with Crippen molar-refractivity contribution in [2.75, 3.05) is 5.32 Å². The number of hydrazone groups is 1. The lowest BCUT2D eigenvalue weighted by Crippen LogP contribution is -2.20. The number of anilines is 1.